The first kappa shape index (κ1) is 20.5. The molecule has 29 heavy (non-hydrogen) atoms. The number of benzene rings is 1. The molecule has 0 saturated carbocycles. The van der Waals surface area contributed by atoms with E-state index < -0.39 is 15.8 Å². The first-order chi connectivity index (χ1) is 14.0. The molecule has 0 unspecified atom stereocenters. The zero-order valence-corrected chi connectivity index (χ0v) is 17.7. The molecule has 1 aromatic heterocycles. The average molecular weight is 438 g/mol. The summed E-state index contributed by atoms with van der Waals surface area (Å²) in [6.45, 7) is 2.25. The van der Waals surface area contributed by atoms with Gasteiger partial charge in [0, 0.05) is 37.1 Å². The van der Waals surface area contributed by atoms with Crippen LogP contribution in [0.25, 0.3) is 0 Å². The Bertz CT molecular complexity index is 957. The number of likely N-dealkylation sites (tertiary alicyclic amines) is 1. The Balaban J connectivity index is 1.36. The summed E-state index contributed by atoms with van der Waals surface area (Å²) in [5.74, 6) is -0.726. The van der Waals surface area contributed by atoms with Gasteiger partial charge in [-0.05, 0) is 43.0 Å². The van der Waals surface area contributed by atoms with Crippen LogP contribution in [0.3, 0.4) is 0 Å². The molecule has 0 N–H and O–H groups in total. The quantitative estimate of drug-likeness (QED) is 0.721. The van der Waals surface area contributed by atoms with Crippen LogP contribution in [0.2, 0.25) is 0 Å². The van der Waals surface area contributed by atoms with Gasteiger partial charge >= 0.3 is 0 Å². The summed E-state index contributed by atoms with van der Waals surface area (Å²) >= 11 is 1.72. The highest BCUT2D eigenvalue weighted by molar-refractivity contribution is 7.89. The molecule has 0 aliphatic carbocycles. The molecule has 2 aliphatic rings. The van der Waals surface area contributed by atoms with E-state index in [1.165, 1.54) is 27.4 Å². The van der Waals surface area contributed by atoms with Crippen molar-refractivity contribution >= 4 is 27.3 Å². The van der Waals surface area contributed by atoms with E-state index in [0.717, 1.165) is 25.5 Å². The van der Waals surface area contributed by atoms with Gasteiger partial charge in [-0.3, -0.25) is 9.69 Å². The highest BCUT2D eigenvalue weighted by Crippen LogP contribution is 2.34. The van der Waals surface area contributed by atoms with E-state index in [0.29, 0.717) is 25.7 Å². The van der Waals surface area contributed by atoms with E-state index >= 15 is 0 Å². The summed E-state index contributed by atoms with van der Waals surface area (Å²) in [7, 11) is -3.89. The maximum Gasteiger partial charge on any atom is 0.246 e. The SMILES string of the molecule is O=C(CN1CCC[C@H]1c1cccs1)N1CCN(S(=O)(=O)c2ccccc2F)CC1. The molecule has 2 aromatic rings. The van der Waals surface area contributed by atoms with Crippen molar-refractivity contribution in [2.75, 3.05) is 39.3 Å². The summed E-state index contributed by atoms with van der Waals surface area (Å²) in [5.41, 5.74) is 0. The van der Waals surface area contributed by atoms with E-state index in [1.807, 2.05) is 6.07 Å². The second-order valence-corrected chi connectivity index (χ2v) is 10.2. The van der Waals surface area contributed by atoms with E-state index in [2.05, 4.69) is 16.3 Å². The molecule has 2 fully saturated rings. The van der Waals surface area contributed by atoms with Crippen LogP contribution in [-0.4, -0.2) is 67.7 Å². The highest BCUT2D eigenvalue weighted by atomic mass is 32.2. The number of carbonyl (C=O) groups is 1. The Morgan fingerprint density at radius 1 is 1.07 bits per heavy atom. The van der Waals surface area contributed by atoms with Gasteiger partial charge in [-0.15, -0.1) is 11.3 Å². The van der Waals surface area contributed by atoms with Crippen molar-refractivity contribution in [2.45, 2.75) is 23.8 Å². The minimum Gasteiger partial charge on any atom is -0.339 e. The van der Waals surface area contributed by atoms with Crippen LogP contribution in [0.4, 0.5) is 4.39 Å². The maximum atomic E-state index is 14.0. The smallest absolute Gasteiger partial charge is 0.246 e. The van der Waals surface area contributed by atoms with Crippen LogP contribution in [-0.2, 0) is 14.8 Å². The lowest BCUT2D eigenvalue weighted by Crippen LogP contribution is -2.52. The lowest BCUT2D eigenvalue weighted by Gasteiger charge is -2.35. The van der Waals surface area contributed by atoms with E-state index in [1.54, 1.807) is 16.2 Å². The predicted octanol–water partition coefficient (Wildman–Crippen LogP) is 2.56. The molecular weight excluding hydrogens is 413 g/mol. The lowest BCUT2D eigenvalue weighted by molar-refractivity contribution is -0.133. The molecular formula is C20H24FN3O3S2. The summed E-state index contributed by atoms with van der Waals surface area (Å²) in [4.78, 5) is 17.7. The number of piperazine rings is 1. The molecule has 0 bridgehead atoms. The monoisotopic (exact) mass is 437 g/mol. The molecule has 6 nitrogen and oxygen atoms in total. The van der Waals surface area contributed by atoms with Gasteiger partial charge in [0.25, 0.3) is 0 Å². The molecule has 0 radical (unpaired) electrons. The zero-order valence-electron chi connectivity index (χ0n) is 16.0. The Kier molecular flexibility index (Phi) is 6.00. The number of amides is 1. The molecule has 2 saturated heterocycles. The third-order valence-corrected chi connectivity index (χ3v) is 8.52. The number of thiophene rings is 1. The number of rotatable bonds is 5. The number of carbonyl (C=O) groups excluding carboxylic acids is 1. The van der Waals surface area contributed by atoms with Crippen molar-refractivity contribution in [1.29, 1.82) is 0 Å². The second kappa shape index (κ2) is 8.51. The number of sulfonamides is 1. The minimum atomic E-state index is -3.89. The fourth-order valence-corrected chi connectivity index (χ4v) is 6.45. The third-order valence-electron chi connectivity index (χ3n) is 5.62. The number of hydrogen-bond acceptors (Lipinski definition) is 5. The van der Waals surface area contributed by atoms with Crippen molar-refractivity contribution in [3.05, 3.63) is 52.5 Å². The van der Waals surface area contributed by atoms with Gasteiger partial charge in [0.05, 0.1) is 6.54 Å². The van der Waals surface area contributed by atoms with Crippen molar-refractivity contribution in [3.8, 4) is 0 Å². The molecule has 3 heterocycles. The van der Waals surface area contributed by atoms with Crippen molar-refractivity contribution in [2.24, 2.45) is 0 Å². The minimum absolute atomic E-state index is 0.0244. The number of halogens is 1. The highest BCUT2D eigenvalue weighted by Gasteiger charge is 2.34. The van der Waals surface area contributed by atoms with Crippen LogP contribution < -0.4 is 0 Å². The Labute approximate surface area is 174 Å². The average Bonchev–Trinajstić information content (AvgIpc) is 3.40. The van der Waals surface area contributed by atoms with Crippen LogP contribution in [0, 0.1) is 5.82 Å². The largest absolute Gasteiger partial charge is 0.339 e. The van der Waals surface area contributed by atoms with Crippen LogP contribution >= 0.6 is 11.3 Å². The molecule has 2 aliphatic heterocycles. The molecule has 0 spiro atoms. The summed E-state index contributed by atoms with van der Waals surface area (Å²) in [5, 5.41) is 2.06. The van der Waals surface area contributed by atoms with Gasteiger partial charge in [0.1, 0.15) is 10.7 Å². The topological polar surface area (TPSA) is 60.9 Å². The molecule has 1 atom stereocenters. The predicted molar refractivity (Wildman–Crippen MR) is 110 cm³/mol. The Morgan fingerprint density at radius 2 is 1.83 bits per heavy atom. The maximum absolute atomic E-state index is 14.0. The number of hydrogen-bond donors (Lipinski definition) is 0. The standard InChI is InChI=1S/C20H24FN3O3S2/c21-16-5-1-2-8-19(16)29(26,27)24-12-10-22(11-13-24)20(25)15-23-9-3-6-17(23)18-7-4-14-28-18/h1-2,4-5,7-8,14,17H,3,6,9-13,15H2/t17-/m0/s1. The Hall–Kier alpha value is -1.81. The molecule has 1 aromatic carbocycles. The fraction of sp³-hybridized carbons (Fsp3) is 0.450. The van der Waals surface area contributed by atoms with Gasteiger partial charge in [-0.2, -0.15) is 4.31 Å². The first-order valence-corrected chi connectivity index (χ1v) is 12.1. The van der Waals surface area contributed by atoms with Gasteiger partial charge in [-0.25, -0.2) is 12.8 Å². The van der Waals surface area contributed by atoms with Crippen LogP contribution in [0.15, 0.2) is 46.7 Å². The molecule has 156 valence electrons. The number of nitrogens with zero attached hydrogens (tertiary/aromatic N) is 3. The normalized spacial score (nSPS) is 21.6. The summed E-state index contributed by atoms with van der Waals surface area (Å²) in [6, 6.07) is 9.84. The van der Waals surface area contributed by atoms with Gasteiger partial charge in [0.15, 0.2) is 0 Å². The van der Waals surface area contributed by atoms with Gasteiger partial charge in [0.2, 0.25) is 15.9 Å². The molecule has 1 amide bonds. The Morgan fingerprint density at radius 3 is 2.52 bits per heavy atom. The van der Waals surface area contributed by atoms with Gasteiger partial charge in [-0.1, -0.05) is 18.2 Å². The van der Waals surface area contributed by atoms with E-state index in [4.69, 9.17) is 0 Å². The van der Waals surface area contributed by atoms with Crippen LogP contribution in [0.5, 0.6) is 0 Å². The fourth-order valence-electron chi connectivity index (χ4n) is 4.06. The lowest BCUT2D eigenvalue weighted by atomic mass is 10.2. The third kappa shape index (κ3) is 4.23. The van der Waals surface area contributed by atoms with E-state index in [-0.39, 0.29) is 23.9 Å². The molecule has 9 heteroatoms. The van der Waals surface area contributed by atoms with Crippen LogP contribution in [0.1, 0.15) is 23.8 Å². The second-order valence-electron chi connectivity index (χ2n) is 7.36. The first-order valence-electron chi connectivity index (χ1n) is 9.77. The summed E-state index contributed by atoms with van der Waals surface area (Å²) in [6.07, 6.45) is 2.13. The van der Waals surface area contributed by atoms with Gasteiger partial charge < -0.3 is 4.90 Å². The molecule has 4 rings (SSSR count). The van der Waals surface area contributed by atoms with E-state index in [9.17, 15) is 17.6 Å². The van der Waals surface area contributed by atoms with Crippen molar-refractivity contribution < 1.29 is 17.6 Å². The summed E-state index contributed by atoms with van der Waals surface area (Å²) < 4.78 is 40.6. The van der Waals surface area contributed by atoms with Crippen molar-refractivity contribution in [3.63, 3.8) is 0 Å². The van der Waals surface area contributed by atoms with Crippen molar-refractivity contribution in [1.82, 2.24) is 14.1 Å². The zero-order chi connectivity index (χ0) is 20.4.